The maximum absolute atomic E-state index is 11.9. The first kappa shape index (κ1) is 13.7. The maximum atomic E-state index is 11.9. The van der Waals surface area contributed by atoms with Crippen LogP contribution in [-0.4, -0.2) is 27.4 Å². The average Bonchev–Trinajstić information content (AvgIpc) is 2.79. The molecule has 0 fully saturated rings. The Labute approximate surface area is 120 Å². The van der Waals surface area contributed by atoms with Gasteiger partial charge in [0.25, 0.3) is 5.91 Å². The number of nitrogens with one attached hydrogen (secondary N) is 1. The second-order valence-electron chi connectivity index (χ2n) is 4.17. The Hall–Kier alpha value is -1.69. The van der Waals surface area contributed by atoms with Gasteiger partial charge in [0.2, 0.25) is 0 Å². The predicted octanol–water partition coefficient (Wildman–Crippen LogP) is 2.48. The number of rotatable bonds is 4. The molecule has 1 aromatic heterocycles. The van der Waals surface area contributed by atoms with Gasteiger partial charge in [0.05, 0.1) is 11.4 Å². The molecule has 1 N–H and O–H groups in total. The summed E-state index contributed by atoms with van der Waals surface area (Å²) in [4.78, 5) is 11.9. The summed E-state index contributed by atoms with van der Waals surface area (Å²) in [5.41, 5.74) is 1.98. The number of halogens is 1. The number of carbonyl (C=O) groups excluding carboxylic acids is 1. The number of nitrogens with zero attached hydrogens (tertiary/aromatic N) is 3. The molecule has 1 heterocycles. The molecule has 2 aromatic rings. The van der Waals surface area contributed by atoms with Crippen molar-refractivity contribution in [1.29, 1.82) is 0 Å². The van der Waals surface area contributed by atoms with Gasteiger partial charge in [-0.25, -0.2) is 4.68 Å². The van der Waals surface area contributed by atoms with E-state index in [1.807, 2.05) is 38.1 Å². The van der Waals surface area contributed by atoms with Gasteiger partial charge in [-0.3, -0.25) is 4.79 Å². The predicted molar refractivity (Wildman–Crippen MR) is 76.4 cm³/mol. The molecule has 100 valence electrons. The maximum Gasteiger partial charge on any atom is 0.273 e. The number of amides is 1. The van der Waals surface area contributed by atoms with Crippen LogP contribution in [-0.2, 0) is 0 Å². The van der Waals surface area contributed by atoms with Gasteiger partial charge in [-0.15, -0.1) is 5.10 Å². The van der Waals surface area contributed by atoms with E-state index in [2.05, 4.69) is 31.6 Å². The molecule has 0 bridgehead atoms. The van der Waals surface area contributed by atoms with Crippen molar-refractivity contribution in [3.63, 3.8) is 0 Å². The molecule has 6 heteroatoms. The lowest BCUT2D eigenvalue weighted by Crippen LogP contribution is -2.25. The third-order valence-electron chi connectivity index (χ3n) is 2.72. The van der Waals surface area contributed by atoms with E-state index in [0.29, 0.717) is 12.2 Å². The molecule has 0 atom stereocenters. The summed E-state index contributed by atoms with van der Waals surface area (Å²) in [6.07, 6.45) is 0.894. The first-order valence-electron chi connectivity index (χ1n) is 6.10. The van der Waals surface area contributed by atoms with Crippen LogP contribution in [0.4, 0.5) is 0 Å². The van der Waals surface area contributed by atoms with Crippen LogP contribution in [0, 0.1) is 6.92 Å². The number of benzene rings is 1. The molecule has 0 aliphatic rings. The molecular formula is C13H15BrN4O. The van der Waals surface area contributed by atoms with E-state index in [-0.39, 0.29) is 5.91 Å². The van der Waals surface area contributed by atoms with Crippen LogP contribution in [0.2, 0.25) is 0 Å². The van der Waals surface area contributed by atoms with Crippen LogP contribution >= 0.6 is 15.9 Å². The molecule has 2 rings (SSSR count). The summed E-state index contributed by atoms with van der Waals surface area (Å²) in [6, 6.07) is 7.68. The van der Waals surface area contributed by atoms with Gasteiger partial charge >= 0.3 is 0 Å². The van der Waals surface area contributed by atoms with E-state index in [1.54, 1.807) is 4.68 Å². The number of hydrogen-bond acceptors (Lipinski definition) is 3. The van der Waals surface area contributed by atoms with Crippen molar-refractivity contribution in [3.05, 3.63) is 40.1 Å². The highest BCUT2D eigenvalue weighted by atomic mass is 79.9. The minimum atomic E-state index is -0.178. The fourth-order valence-electron chi connectivity index (χ4n) is 1.69. The lowest BCUT2D eigenvalue weighted by atomic mass is 10.3. The fourth-order valence-corrected chi connectivity index (χ4v) is 1.95. The summed E-state index contributed by atoms with van der Waals surface area (Å²) >= 11 is 3.38. The van der Waals surface area contributed by atoms with Crippen molar-refractivity contribution in [2.24, 2.45) is 0 Å². The van der Waals surface area contributed by atoms with Gasteiger partial charge in [-0.1, -0.05) is 28.1 Å². The Morgan fingerprint density at radius 2 is 2.05 bits per heavy atom. The zero-order valence-corrected chi connectivity index (χ0v) is 12.4. The summed E-state index contributed by atoms with van der Waals surface area (Å²) < 4.78 is 2.66. The van der Waals surface area contributed by atoms with Gasteiger partial charge in [-0.2, -0.15) is 0 Å². The molecule has 0 radical (unpaired) electrons. The summed E-state index contributed by atoms with van der Waals surface area (Å²) in [6.45, 7) is 4.48. The smallest absolute Gasteiger partial charge is 0.273 e. The normalized spacial score (nSPS) is 10.5. The highest BCUT2D eigenvalue weighted by Gasteiger charge is 2.16. The van der Waals surface area contributed by atoms with Gasteiger partial charge in [0.15, 0.2) is 5.69 Å². The quantitative estimate of drug-likeness (QED) is 0.940. The van der Waals surface area contributed by atoms with Crippen LogP contribution in [0.3, 0.4) is 0 Å². The number of aromatic nitrogens is 3. The fraction of sp³-hybridized carbons (Fsp3) is 0.308. The molecule has 1 amide bonds. The molecule has 0 saturated carbocycles. The lowest BCUT2D eigenvalue weighted by Gasteiger charge is -2.04. The van der Waals surface area contributed by atoms with Crippen LogP contribution < -0.4 is 5.32 Å². The minimum Gasteiger partial charge on any atom is -0.351 e. The van der Waals surface area contributed by atoms with Gasteiger partial charge in [0.1, 0.15) is 0 Å². The molecular weight excluding hydrogens is 308 g/mol. The van der Waals surface area contributed by atoms with E-state index in [0.717, 1.165) is 22.3 Å². The SMILES string of the molecule is CCCNC(=O)c1nnn(-c2ccc(Br)cc2)c1C. The van der Waals surface area contributed by atoms with Crippen molar-refractivity contribution < 1.29 is 4.79 Å². The third kappa shape index (κ3) is 3.01. The second-order valence-corrected chi connectivity index (χ2v) is 5.08. The molecule has 19 heavy (non-hydrogen) atoms. The molecule has 0 saturated heterocycles. The number of carbonyl (C=O) groups is 1. The monoisotopic (exact) mass is 322 g/mol. The van der Waals surface area contributed by atoms with Crippen LogP contribution in [0.1, 0.15) is 29.5 Å². The molecule has 1 aromatic carbocycles. The summed E-state index contributed by atoms with van der Waals surface area (Å²) in [7, 11) is 0. The third-order valence-corrected chi connectivity index (χ3v) is 3.25. The topological polar surface area (TPSA) is 59.8 Å². The Kier molecular flexibility index (Phi) is 4.31. The first-order valence-corrected chi connectivity index (χ1v) is 6.89. The molecule has 5 nitrogen and oxygen atoms in total. The molecule has 0 aliphatic heterocycles. The highest BCUT2D eigenvalue weighted by Crippen LogP contribution is 2.15. The molecule has 0 unspecified atom stereocenters. The van der Waals surface area contributed by atoms with Crippen molar-refractivity contribution in [1.82, 2.24) is 20.3 Å². The van der Waals surface area contributed by atoms with Gasteiger partial charge in [-0.05, 0) is 37.6 Å². The first-order chi connectivity index (χ1) is 9.13. The lowest BCUT2D eigenvalue weighted by molar-refractivity contribution is 0.0948. The Bertz CT molecular complexity index is 577. The average molecular weight is 323 g/mol. The van der Waals surface area contributed by atoms with Crippen molar-refractivity contribution in [2.45, 2.75) is 20.3 Å². The van der Waals surface area contributed by atoms with Crippen molar-refractivity contribution in [2.75, 3.05) is 6.54 Å². The molecule has 0 aliphatic carbocycles. The Balaban J connectivity index is 2.27. The highest BCUT2D eigenvalue weighted by molar-refractivity contribution is 9.10. The zero-order chi connectivity index (χ0) is 13.8. The van der Waals surface area contributed by atoms with Crippen molar-refractivity contribution >= 4 is 21.8 Å². The Morgan fingerprint density at radius 1 is 1.37 bits per heavy atom. The van der Waals surface area contributed by atoms with Gasteiger partial charge in [0, 0.05) is 11.0 Å². The van der Waals surface area contributed by atoms with E-state index in [1.165, 1.54) is 0 Å². The van der Waals surface area contributed by atoms with E-state index >= 15 is 0 Å². The van der Waals surface area contributed by atoms with Crippen LogP contribution in [0.25, 0.3) is 5.69 Å². The Morgan fingerprint density at radius 3 is 2.68 bits per heavy atom. The van der Waals surface area contributed by atoms with E-state index in [9.17, 15) is 4.79 Å². The molecule has 0 spiro atoms. The zero-order valence-electron chi connectivity index (χ0n) is 10.9. The minimum absolute atomic E-state index is 0.178. The largest absolute Gasteiger partial charge is 0.351 e. The van der Waals surface area contributed by atoms with Crippen LogP contribution in [0.5, 0.6) is 0 Å². The van der Waals surface area contributed by atoms with E-state index in [4.69, 9.17) is 0 Å². The van der Waals surface area contributed by atoms with Gasteiger partial charge < -0.3 is 5.32 Å². The summed E-state index contributed by atoms with van der Waals surface area (Å²) in [5, 5.41) is 10.8. The van der Waals surface area contributed by atoms with E-state index < -0.39 is 0 Å². The van der Waals surface area contributed by atoms with Crippen molar-refractivity contribution in [3.8, 4) is 5.69 Å². The second kappa shape index (κ2) is 5.97. The number of hydrogen-bond donors (Lipinski definition) is 1. The van der Waals surface area contributed by atoms with Crippen LogP contribution in [0.15, 0.2) is 28.7 Å². The standard InChI is InChI=1S/C13H15BrN4O/c1-3-8-15-13(19)12-9(2)18(17-16-12)11-6-4-10(14)5-7-11/h4-7H,3,8H2,1-2H3,(H,15,19). The summed E-state index contributed by atoms with van der Waals surface area (Å²) in [5.74, 6) is -0.178.